The van der Waals surface area contributed by atoms with Crippen LogP contribution in [0.2, 0.25) is 0 Å². The number of fused-ring (bicyclic) bond motifs is 1. The smallest absolute Gasteiger partial charge is 0.421 e. The number of carbonyl (C=O) groups is 1. The van der Waals surface area contributed by atoms with E-state index < -0.39 is 0 Å². The minimum atomic E-state index is -0.362. The topological polar surface area (TPSA) is 42.1 Å². The lowest BCUT2D eigenvalue weighted by molar-refractivity contribution is 0.0629. The fourth-order valence-corrected chi connectivity index (χ4v) is 1.76. The number of carbonyl (C=O) groups excluding carboxylic acids is 1. The van der Waals surface area contributed by atoms with Gasteiger partial charge in [-0.15, -0.1) is 0 Å². The highest BCUT2D eigenvalue weighted by Crippen LogP contribution is 2.31. The second-order valence-electron chi connectivity index (χ2n) is 3.57. The molecule has 0 radical (unpaired) electrons. The van der Waals surface area contributed by atoms with Gasteiger partial charge in [-0.25, -0.2) is 4.79 Å². The van der Waals surface area contributed by atoms with Crippen LogP contribution in [0.3, 0.4) is 0 Å². The van der Waals surface area contributed by atoms with Crippen LogP contribution in [-0.2, 0) is 4.74 Å². The van der Waals surface area contributed by atoms with E-state index in [0.29, 0.717) is 11.5 Å². The summed E-state index contributed by atoms with van der Waals surface area (Å²) in [5, 5.41) is 0. The van der Waals surface area contributed by atoms with Crippen molar-refractivity contribution >= 4 is 5.97 Å². The minimum absolute atomic E-state index is 0. The zero-order valence-corrected chi connectivity index (χ0v) is 8.44. The molecule has 2 aliphatic rings. The summed E-state index contributed by atoms with van der Waals surface area (Å²) in [5.74, 6) is 0.248. The highest BCUT2D eigenvalue weighted by atomic mass is 16.5. The maximum atomic E-state index is 11.7. The summed E-state index contributed by atoms with van der Waals surface area (Å²) in [5.41, 5.74) is 2.52. The van der Waals surface area contributed by atoms with E-state index in [1.165, 1.54) is 0 Å². The molecule has 0 aliphatic heterocycles. The number of hydrogen-bond donors (Lipinski definition) is 1. The predicted molar refractivity (Wildman–Crippen MR) is 60.7 cm³/mol. The summed E-state index contributed by atoms with van der Waals surface area (Å²) in [6.07, 6.45) is 11.3. The molecule has 0 amide bonds. The first-order valence-electron chi connectivity index (χ1n) is 5.01. The number of aromatic amines is 1. The second kappa shape index (κ2) is 3.38. The molecule has 16 heavy (non-hydrogen) atoms. The van der Waals surface area contributed by atoms with Crippen LogP contribution < -0.4 is 0 Å². The van der Waals surface area contributed by atoms with E-state index in [1.54, 1.807) is 18.3 Å². The Morgan fingerprint density at radius 2 is 2.25 bits per heavy atom. The van der Waals surface area contributed by atoms with Gasteiger partial charge in [-0.1, -0.05) is 24.3 Å². The van der Waals surface area contributed by atoms with Crippen LogP contribution in [0.15, 0.2) is 65.6 Å². The van der Waals surface area contributed by atoms with Crippen LogP contribution in [0.4, 0.5) is 0 Å². The zero-order valence-electron chi connectivity index (χ0n) is 9.44. The Bertz CT molecular complexity index is 562. The molecule has 3 heteroatoms. The van der Waals surface area contributed by atoms with Crippen LogP contribution in [-0.4, -0.2) is 11.0 Å². The molecule has 1 aromatic rings. The van der Waals surface area contributed by atoms with Crippen molar-refractivity contribution in [2.45, 2.75) is 0 Å². The van der Waals surface area contributed by atoms with E-state index in [2.05, 4.69) is 4.98 Å². The third kappa shape index (κ3) is 1.34. The Morgan fingerprint density at radius 3 is 3.06 bits per heavy atom. The molecule has 0 aromatic carbocycles. The van der Waals surface area contributed by atoms with Crippen LogP contribution in [0.1, 0.15) is 11.9 Å². The van der Waals surface area contributed by atoms with Gasteiger partial charge in [-0.2, -0.15) is 0 Å². The molecular formula is C13H10NO2+. The zero-order chi connectivity index (χ0) is 11.0. The lowest BCUT2D eigenvalue weighted by atomic mass is 10.2. The molecule has 3 rings (SSSR count). The van der Waals surface area contributed by atoms with Crippen LogP contribution in [0, 0.1) is 0 Å². The Kier molecular flexibility index (Phi) is 1.90. The number of allylic oxidation sites excluding steroid dienone is 6. The number of ether oxygens (including phenoxy) is 1. The molecule has 0 fully saturated rings. The van der Waals surface area contributed by atoms with Gasteiger partial charge in [0.15, 0.2) is 0 Å². The molecule has 1 aromatic heterocycles. The monoisotopic (exact) mass is 212 g/mol. The third-order valence-electron chi connectivity index (χ3n) is 2.55. The highest BCUT2D eigenvalue weighted by Gasteiger charge is 2.20. The molecule has 2 aliphatic carbocycles. The molecule has 1 N–H and O–H groups in total. The number of rotatable bonds is 2. The van der Waals surface area contributed by atoms with Crippen molar-refractivity contribution in [3.8, 4) is 0 Å². The maximum absolute atomic E-state index is 11.7. The lowest BCUT2D eigenvalue weighted by Crippen LogP contribution is -2.05. The molecule has 0 atom stereocenters. The summed E-state index contributed by atoms with van der Waals surface area (Å²) in [6.45, 7) is 0. The predicted octanol–water partition coefficient (Wildman–Crippen LogP) is 2.60. The molecule has 0 spiro atoms. The number of hydrogen-bond acceptors (Lipinski definition) is 2. The summed E-state index contributed by atoms with van der Waals surface area (Å²) in [4.78, 5) is 14.5. The number of nitrogens with one attached hydrogen (secondary N) is 1. The Hall–Kier alpha value is -2.29. The Labute approximate surface area is 93.9 Å². The van der Waals surface area contributed by atoms with E-state index in [9.17, 15) is 4.79 Å². The minimum Gasteiger partial charge on any atom is -0.421 e. The quantitative estimate of drug-likeness (QED) is 0.765. The molecule has 0 saturated carbocycles. The van der Waals surface area contributed by atoms with E-state index in [-0.39, 0.29) is 7.40 Å². The van der Waals surface area contributed by atoms with E-state index >= 15 is 0 Å². The van der Waals surface area contributed by atoms with Crippen molar-refractivity contribution in [2.24, 2.45) is 0 Å². The maximum Gasteiger partial charge on any atom is 1.00 e. The van der Waals surface area contributed by atoms with E-state index in [1.807, 2.05) is 30.4 Å². The average molecular weight is 212 g/mol. The fourth-order valence-electron chi connectivity index (χ4n) is 1.76. The molecule has 0 unspecified atom stereocenters. The molecule has 3 nitrogen and oxygen atoms in total. The van der Waals surface area contributed by atoms with Gasteiger partial charge in [-0.05, 0) is 23.8 Å². The Morgan fingerprint density at radius 1 is 1.31 bits per heavy atom. The standard InChI is InChI=1S/C13H9NO2/c15-13(11-5-2-8-14-11)16-12-7-6-9-3-1-4-10(9)12/h1-8,14H/p+1. The second-order valence-corrected chi connectivity index (χ2v) is 3.57. The molecule has 1 heterocycles. The third-order valence-corrected chi connectivity index (χ3v) is 2.55. The molecule has 78 valence electrons. The van der Waals surface area contributed by atoms with Crippen molar-refractivity contribution in [1.29, 1.82) is 0 Å². The average Bonchev–Trinajstić information content (AvgIpc) is 2.94. The van der Waals surface area contributed by atoms with Crippen molar-refractivity contribution in [1.82, 2.24) is 4.98 Å². The van der Waals surface area contributed by atoms with Gasteiger partial charge in [0.25, 0.3) is 0 Å². The largest absolute Gasteiger partial charge is 1.00 e. The molecule has 0 saturated heterocycles. The van der Waals surface area contributed by atoms with Crippen molar-refractivity contribution in [3.05, 3.63) is 71.3 Å². The first-order chi connectivity index (χ1) is 7.84. The van der Waals surface area contributed by atoms with Gasteiger partial charge in [0.2, 0.25) is 0 Å². The number of aromatic nitrogens is 1. The first-order valence-corrected chi connectivity index (χ1v) is 5.01. The number of H-pyrrole nitrogens is 1. The summed E-state index contributed by atoms with van der Waals surface area (Å²) in [7, 11) is 0. The van der Waals surface area contributed by atoms with Crippen LogP contribution >= 0.6 is 0 Å². The van der Waals surface area contributed by atoms with E-state index in [0.717, 1.165) is 11.1 Å². The summed E-state index contributed by atoms with van der Waals surface area (Å²) < 4.78 is 5.30. The molecular weight excluding hydrogens is 202 g/mol. The van der Waals surface area contributed by atoms with Crippen LogP contribution in [0.5, 0.6) is 0 Å². The van der Waals surface area contributed by atoms with Crippen molar-refractivity contribution in [3.63, 3.8) is 0 Å². The SMILES string of the molecule is O=C(OC1=CC=C2C=CC=C21)c1ccc[nH]1.[H+]. The van der Waals surface area contributed by atoms with Crippen LogP contribution in [0.25, 0.3) is 0 Å². The van der Waals surface area contributed by atoms with Crippen molar-refractivity contribution < 1.29 is 11.0 Å². The first kappa shape index (κ1) is 8.97. The van der Waals surface area contributed by atoms with Gasteiger partial charge >= 0.3 is 7.40 Å². The Balaban J connectivity index is 0.00000108. The van der Waals surface area contributed by atoms with Gasteiger partial charge in [0, 0.05) is 11.8 Å². The molecule has 0 bridgehead atoms. The van der Waals surface area contributed by atoms with Gasteiger partial charge in [0.1, 0.15) is 11.5 Å². The summed E-state index contributed by atoms with van der Waals surface area (Å²) in [6, 6.07) is 3.45. The van der Waals surface area contributed by atoms with Gasteiger partial charge in [0.05, 0.1) is 0 Å². The number of esters is 1. The lowest BCUT2D eigenvalue weighted by Gasteiger charge is -2.05. The fraction of sp³-hybridized carbons (Fsp3) is 0. The normalized spacial score (nSPS) is 16.6. The van der Waals surface area contributed by atoms with E-state index in [4.69, 9.17) is 4.74 Å². The van der Waals surface area contributed by atoms with Gasteiger partial charge in [-0.3, -0.25) is 0 Å². The summed E-state index contributed by atoms with van der Waals surface area (Å²) >= 11 is 0. The van der Waals surface area contributed by atoms with Gasteiger partial charge < -0.3 is 9.72 Å². The van der Waals surface area contributed by atoms with Crippen molar-refractivity contribution in [2.75, 3.05) is 0 Å². The highest BCUT2D eigenvalue weighted by molar-refractivity contribution is 5.89.